The van der Waals surface area contributed by atoms with E-state index in [1.165, 1.54) is 0 Å². The van der Waals surface area contributed by atoms with Crippen molar-refractivity contribution in [1.82, 2.24) is 0 Å². The van der Waals surface area contributed by atoms with Gasteiger partial charge in [-0.1, -0.05) is 60.7 Å². The molecule has 0 aliphatic rings. The maximum absolute atomic E-state index is 11.3. The van der Waals surface area contributed by atoms with Crippen molar-refractivity contribution in [2.45, 2.75) is 30.9 Å². The smallest absolute Gasteiger partial charge is 0.0878 e. The SMILES string of the molecule is CSCC[C@H](N)C(O)(Cc1ccccc1)Cc1ccccc1. The Bertz CT molecular complexity index is 502. The predicted molar refractivity (Wildman–Crippen MR) is 96.2 cm³/mol. The number of nitrogens with two attached hydrogens (primary N) is 1. The van der Waals surface area contributed by atoms with Crippen LogP contribution in [0.3, 0.4) is 0 Å². The second-order valence-corrected chi connectivity index (χ2v) is 6.80. The van der Waals surface area contributed by atoms with E-state index >= 15 is 0 Å². The van der Waals surface area contributed by atoms with Gasteiger partial charge in [0.25, 0.3) is 0 Å². The molecule has 2 aromatic carbocycles. The molecule has 0 fully saturated rings. The van der Waals surface area contributed by atoms with E-state index in [0.717, 1.165) is 23.3 Å². The Morgan fingerprint density at radius 2 is 1.41 bits per heavy atom. The fraction of sp³-hybridized carbons (Fsp3) is 0.368. The van der Waals surface area contributed by atoms with E-state index in [0.29, 0.717) is 12.8 Å². The van der Waals surface area contributed by atoms with Gasteiger partial charge in [0, 0.05) is 18.9 Å². The Morgan fingerprint density at radius 3 is 1.82 bits per heavy atom. The lowest BCUT2D eigenvalue weighted by molar-refractivity contribution is 0.0136. The molecule has 0 unspecified atom stereocenters. The fourth-order valence-corrected chi connectivity index (χ4v) is 3.23. The molecule has 1 atom stereocenters. The highest BCUT2D eigenvalue weighted by atomic mass is 32.2. The summed E-state index contributed by atoms with van der Waals surface area (Å²) in [6, 6.07) is 20.0. The Hall–Kier alpha value is -1.29. The highest BCUT2D eigenvalue weighted by molar-refractivity contribution is 7.98. The van der Waals surface area contributed by atoms with Crippen molar-refractivity contribution >= 4 is 11.8 Å². The summed E-state index contributed by atoms with van der Waals surface area (Å²) in [4.78, 5) is 0. The van der Waals surface area contributed by atoms with Gasteiger partial charge in [0.1, 0.15) is 0 Å². The predicted octanol–water partition coefficient (Wildman–Crippen LogP) is 3.28. The zero-order valence-corrected chi connectivity index (χ0v) is 13.9. The third-order valence-electron chi connectivity index (χ3n) is 4.03. The van der Waals surface area contributed by atoms with Crippen LogP contribution in [0.4, 0.5) is 0 Å². The second kappa shape index (κ2) is 8.37. The Balaban J connectivity index is 2.19. The first-order chi connectivity index (χ1) is 10.6. The lowest BCUT2D eigenvalue weighted by Gasteiger charge is -2.34. The van der Waals surface area contributed by atoms with Crippen molar-refractivity contribution in [3.8, 4) is 0 Å². The Labute approximate surface area is 137 Å². The van der Waals surface area contributed by atoms with Gasteiger partial charge in [-0.15, -0.1) is 0 Å². The summed E-state index contributed by atoms with van der Waals surface area (Å²) in [6.45, 7) is 0. The van der Waals surface area contributed by atoms with E-state index in [2.05, 4.69) is 30.5 Å². The van der Waals surface area contributed by atoms with Gasteiger partial charge in [-0.3, -0.25) is 0 Å². The molecule has 0 radical (unpaired) electrons. The van der Waals surface area contributed by atoms with Crippen molar-refractivity contribution in [2.75, 3.05) is 12.0 Å². The second-order valence-electron chi connectivity index (χ2n) is 5.82. The number of benzene rings is 2. The molecule has 0 aliphatic carbocycles. The van der Waals surface area contributed by atoms with Gasteiger partial charge in [0.2, 0.25) is 0 Å². The number of aliphatic hydroxyl groups is 1. The van der Waals surface area contributed by atoms with Crippen LogP contribution >= 0.6 is 11.8 Å². The van der Waals surface area contributed by atoms with Gasteiger partial charge in [0.05, 0.1) is 5.60 Å². The molecule has 0 saturated carbocycles. The largest absolute Gasteiger partial charge is 0.388 e. The number of thioether (sulfide) groups is 1. The summed E-state index contributed by atoms with van der Waals surface area (Å²) in [6.07, 6.45) is 4.05. The molecular weight excluding hydrogens is 290 g/mol. The first kappa shape index (κ1) is 17.1. The first-order valence-corrected chi connectivity index (χ1v) is 9.08. The van der Waals surface area contributed by atoms with Gasteiger partial charge in [0.15, 0.2) is 0 Å². The monoisotopic (exact) mass is 315 g/mol. The van der Waals surface area contributed by atoms with Crippen LogP contribution in [0.25, 0.3) is 0 Å². The lowest BCUT2D eigenvalue weighted by atomic mass is 9.81. The highest BCUT2D eigenvalue weighted by Gasteiger charge is 2.34. The zero-order valence-electron chi connectivity index (χ0n) is 13.1. The fourth-order valence-electron chi connectivity index (χ4n) is 2.74. The first-order valence-electron chi connectivity index (χ1n) is 7.69. The van der Waals surface area contributed by atoms with E-state index in [4.69, 9.17) is 5.73 Å². The van der Waals surface area contributed by atoms with Crippen molar-refractivity contribution in [3.05, 3.63) is 71.8 Å². The van der Waals surface area contributed by atoms with Gasteiger partial charge < -0.3 is 10.8 Å². The summed E-state index contributed by atoms with van der Waals surface area (Å²) >= 11 is 1.77. The van der Waals surface area contributed by atoms with Crippen LogP contribution in [0.15, 0.2) is 60.7 Å². The Kier molecular flexibility index (Phi) is 6.49. The minimum Gasteiger partial charge on any atom is -0.388 e. The number of hydrogen-bond donors (Lipinski definition) is 2. The van der Waals surface area contributed by atoms with Gasteiger partial charge in [-0.2, -0.15) is 11.8 Å². The van der Waals surface area contributed by atoms with Crippen molar-refractivity contribution < 1.29 is 5.11 Å². The van der Waals surface area contributed by atoms with Crippen LogP contribution in [-0.2, 0) is 12.8 Å². The maximum Gasteiger partial charge on any atom is 0.0878 e. The van der Waals surface area contributed by atoms with Crippen LogP contribution in [0.5, 0.6) is 0 Å². The van der Waals surface area contributed by atoms with Crippen LogP contribution in [0.1, 0.15) is 17.5 Å². The van der Waals surface area contributed by atoms with Gasteiger partial charge in [-0.05, 0) is 29.6 Å². The third kappa shape index (κ3) is 4.87. The van der Waals surface area contributed by atoms with E-state index in [1.54, 1.807) is 11.8 Å². The number of hydrogen-bond acceptors (Lipinski definition) is 3. The van der Waals surface area contributed by atoms with Crippen LogP contribution in [0.2, 0.25) is 0 Å². The molecule has 3 heteroatoms. The van der Waals surface area contributed by atoms with Crippen LogP contribution < -0.4 is 5.73 Å². The van der Waals surface area contributed by atoms with E-state index < -0.39 is 5.60 Å². The molecule has 0 aliphatic heterocycles. The summed E-state index contributed by atoms with van der Waals surface area (Å²) in [5.74, 6) is 0.965. The summed E-state index contributed by atoms with van der Waals surface area (Å²) in [5, 5.41) is 11.3. The van der Waals surface area contributed by atoms with Crippen molar-refractivity contribution in [3.63, 3.8) is 0 Å². The van der Waals surface area contributed by atoms with Crippen molar-refractivity contribution in [1.29, 1.82) is 0 Å². The van der Waals surface area contributed by atoms with Gasteiger partial charge in [-0.25, -0.2) is 0 Å². The quantitative estimate of drug-likeness (QED) is 0.786. The molecule has 118 valence electrons. The molecule has 2 aromatic rings. The molecule has 0 heterocycles. The standard InChI is InChI=1S/C19H25NOS/c1-22-13-12-18(20)19(21,14-16-8-4-2-5-9-16)15-17-10-6-3-7-11-17/h2-11,18,21H,12-15,20H2,1H3/t18-/m0/s1. The lowest BCUT2D eigenvalue weighted by Crippen LogP contribution is -2.51. The number of rotatable bonds is 8. The average molecular weight is 315 g/mol. The minimum absolute atomic E-state index is 0.236. The maximum atomic E-state index is 11.3. The Morgan fingerprint density at radius 1 is 0.955 bits per heavy atom. The highest BCUT2D eigenvalue weighted by Crippen LogP contribution is 2.24. The van der Waals surface area contributed by atoms with Crippen molar-refractivity contribution in [2.24, 2.45) is 5.73 Å². The molecule has 0 spiro atoms. The third-order valence-corrected chi connectivity index (χ3v) is 4.67. The molecular formula is C19H25NOS. The molecule has 0 aromatic heterocycles. The molecule has 3 N–H and O–H groups in total. The zero-order chi connectivity index (χ0) is 15.8. The van der Waals surface area contributed by atoms with Crippen LogP contribution in [0, 0.1) is 0 Å². The van der Waals surface area contributed by atoms with E-state index in [9.17, 15) is 5.11 Å². The van der Waals surface area contributed by atoms with Crippen LogP contribution in [-0.4, -0.2) is 28.8 Å². The average Bonchev–Trinajstić information content (AvgIpc) is 2.54. The topological polar surface area (TPSA) is 46.2 Å². The molecule has 2 nitrogen and oxygen atoms in total. The summed E-state index contributed by atoms with van der Waals surface area (Å²) in [5.41, 5.74) is 7.70. The van der Waals surface area contributed by atoms with E-state index in [1.807, 2.05) is 36.4 Å². The molecule has 2 rings (SSSR count). The molecule has 0 bridgehead atoms. The minimum atomic E-state index is -0.918. The summed E-state index contributed by atoms with van der Waals surface area (Å²) in [7, 11) is 0. The summed E-state index contributed by atoms with van der Waals surface area (Å²) < 4.78 is 0. The molecule has 0 amide bonds. The molecule has 0 saturated heterocycles. The van der Waals surface area contributed by atoms with E-state index in [-0.39, 0.29) is 6.04 Å². The normalized spacial score (nSPS) is 13.0. The van der Waals surface area contributed by atoms with Gasteiger partial charge >= 0.3 is 0 Å². The molecule has 22 heavy (non-hydrogen) atoms.